The Balaban J connectivity index is 3.02. The Labute approximate surface area is 106 Å². The van der Waals surface area contributed by atoms with Crippen molar-refractivity contribution >= 4 is 34.4 Å². The van der Waals surface area contributed by atoms with Gasteiger partial charge in [0.05, 0.1) is 0 Å². The largest absolute Gasteiger partial charge is 0.488 e. The molecular weight excluding hydrogens is 247 g/mol. The Kier molecular flexibility index (Phi) is 4.37. The molecule has 0 aliphatic rings. The maximum atomic E-state index is 9.19. The molecule has 1 aromatic rings. The molecule has 0 fully saturated rings. The summed E-state index contributed by atoms with van der Waals surface area (Å²) in [5, 5.41) is 19.5. The van der Waals surface area contributed by atoms with Gasteiger partial charge in [0.25, 0.3) is 0 Å². The van der Waals surface area contributed by atoms with Gasteiger partial charge in [-0.2, -0.15) is 0 Å². The van der Waals surface area contributed by atoms with Crippen LogP contribution in [0.2, 0.25) is 32.7 Å². The predicted molar refractivity (Wildman–Crippen MR) is 77.8 cm³/mol. The third kappa shape index (κ3) is 4.40. The number of hydrogen-bond donors (Lipinski definition) is 2. The summed E-state index contributed by atoms with van der Waals surface area (Å²) in [6, 6.07) is 7.43. The lowest BCUT2D eigenvalue weighted by Gasteiger charge is -2.32. The second kappa shape index (κ2) is 5.07. The fourth-order valence-corrected chi connectivity index (χ4v) is 9.51. The van der Waals surface area contributed by atoms with Gasteiger partial charge in [-0.05, 0) is 43.4 Å². The molecular formula is C11H21BO3Si2. The molecule has 6 heteroatoms. The molecule has 3 nitrogen and oxygen atoms in total. The zero-order chi connectivity index (χ0) is 13.3. The van der Waals surface area contributed by atoms with Gasteiger partial charge in [-0.15, -0.1) is 0 Å². The lowest BCUT2D eigenvalue weighted by molar-refractivity contribution is 0.426. The van der Waals surface area contributed by atoms with Crippen LogP contribution in [0.3, 0.4) is 0 Å². The Morgan fingerprint density at radius 3 is 2.12 bits per heavy atom. The zero-order valence-electron chi connectivity index (χ0n) is 11.2. The van der Waals surface area contributed by atoms with E-state index in [9.17, 15) is 10.0 Å². The van der Waals surface area contributed by atoms with E-state index >= 15 is 0 Å². The highest BCUT2D eigenvalue weighted by Crippen LogP contribution is 2.13. The summed E-state index contributed by atoms with van der Waals surface area (Å²) in [5.41, 5.74) is 0.530. The molecule has 1 aromatic carbocycles. The van der Waals surface area contributed by atoms with Crippen LogP contribution in [0, 0.1) is 0 Å². The predicted octanol–water partition coefficient (Wildman–Crippen LogP) is 0.630. The first kappa shape index (κ1) is 14.7. The number of benzene rings is 1. The van der Waals surface area contributed by atoms with Crippen LogP contribution < -0.4 is 10.6 Å². The van der Waals surface area contributed by atoms with E-state index in [1.165, 1.54) is 0 Å². The van der Waals surface area contributed by atoms with Crippen molar-refractivity contribution < 1.29 is 14.2 Å². The Bertz CT molecular complexity index is 389. The Morgan fingerprint density at radius 1 is 1.06 bits per heavy atom. The van der Waals surface area contributed by atoms with Gasteiger partial charge in [0.2, 0.25) is 8.32 Å². The first-order chi connectivity index (χ1) is 7.62. The van der Waals surface area contributed by atoms with Crippen molar-refractivity contribution in [1.29, 1.82) is 0 Å². The quantitative estimate of drug-likeness (QED) is 0.788. The molecule has 0 unspecified atom stereocenters. The Hall–Kier alpha value is -0.401. The minimum absolute atomic E-state index is 0.530. The van der Waals surface area contributed by atoms with Gasteiger partial charge in [-0.25, -0.2) is 0 Å². The van der Waals surface area contributed by atoms with Crippen LogP contribution in [0.4, 0.5) is 0 Å². The van der Waals surface area contributed by atoms with E-state index in [-0.39, 0.29) is 0 Å². The SMILES string of the molecule is C[Si](C)(C)O[Si](C)(C)c1cccc(B(O)O)c1. The van der Waals surface area contributed by atoms with E-state index in [4.69, 9.17) is 4.12 Å². The van der Waals surface area contributed by atoms with Crippen molar-refractivity contribution in [1.82, 2.24) is 0 Å². The monoisotopic (exact) mass is 268 g/mol. The van der Waals surface area contributed by atoms with E-state index < -0.39 is 23.8 Å². The molecule has 0 spiro atoms. The van der Waals surface area contributed by atoms with E-state index in [1.54, 1.807) is 6.07 Å². The van der Waals surface area contributed by atoms with Crippen LogP contribution >= 0.6 is 0 Å². The second-order valence-electron chi connectivity index (χ2n) is 5.72. The molecule has 0 amide bonds. The lowest BCUT2D eigenvalue weighted by atomic mass is 9.80. The topological polar surface area (TPSA) is 49.7 Å². The highest BCUT2D eigenvalue weighted by molar-refractivity contribution is 6.92. The lowest BCUT2D eigenvalue weighted by Crippen LogP contribution is -2.52. The molecule has 0 aliphatic carbocycles. The molecule has 0 heterocycles. The van der Waals surface area contributed by atoms with Crippen LogP contribution in [-0.2, 0) is 4.12 Å². The van der Waals surface area contributed by atoms with Gasteiger partial charge in [-0.3, -0.25) is 0 Å². The molecule has 0 aromatic heterocycles. The summed E-state index contributed by atoms with van der Waals surface area (Å²) in [4.78, 5) is 0. The van der Waals surface area contributed by atoms with Gasteiger partial charge in [0.15, 0.2) is 8.32 Å². The normalized spacial score (nSPS) is 12.6. The standard InChI is InChI=1S/C11H21BO3Si2/c1-16(2,3)15-17(4,5)11-8-6-7-10(9-11)12(13)14/h6-9,13-14H,1-5H3. The van der Waals surface area contributed by atoms with Crippen molar-refractivity contribution in [2.75, 3.05) is 0 Å². The van der Waals surface area contributed by atoms with Gasteiger partial charge in [0, 0.05) is 0 Å². The molecule has 0 radical (unpaired) electrons. The van der Waals surface area contributed by atoms with E-state index in [0.29, 0.717) is 5.46 Å². The van der Waals surface area contributed by atoms with Crippen molar-refractivity contribution in [3.63, 3.8) is 0 Å². The van der Waals surface area contributed by atoms with Crippen LogP contribution in [-0.4, -0.2) is 33.8 Å². The van der Waals surface area contributed by atoms with Gasteiger partial charge >= 0.3 is 7.12 Å². The summed E-state index contributed by atoms with van der Waals surface area (Å²) in [5.74, 6) is 0. The summed E-state index contributed by atoms with van der Waals surface area (Å²) >= 11 is 0. The summed E-state index contributed by atoms with van der Waals surface area (Å²) in [7, 11) is -4.95. The van der Waals surface area contributed by atoms with Crippen molar-refractivity contribution in [3.05, 3.63) is 24.3 Å². The average Bonchev–Trinajstić information content (AvgIpc) is 2.14. The maximum absolute atomic E-state index is 9.19. The smallest absolute Gasteiger partial charge is 0.452 e. The highest BCUT2D eigenvalue weighted by atomic mass is 28.4. The number of hydrogen-bond acceptors (Lipinski definition) is 3. The van der Waals surface area contributed by atoms with E-state index in [2.05, 4.69) is 32.7 Å². The minimum atomic E-state index is -1.95. The average molecular weight is 268 g/mol. The van der Waals surface area contributed by atoms with E-state index in [1.807, 2.05) is 18.2 Å². The maximum Gasteiger partial charge on any atom is 0.488 e. The molecule has 94 valence electrons. The molecule has 0 saturated heterocycles. The summed E-state index contributed by atoms with van der Waals surface area (Å²) in [6.45, 7) is 10.8. The van der Waals surface area contributed by atoms with Crippen molar-refractivity contribution in [3.8, 4) is 0 Å². The highest BCUT2D eigenvalue weighted by Gasteiger charge is 2.32. The van der Waals surface area contributed by atoms with Gasteiger partial charge < -0.3 is 14.2 Å². The first-order valence-corrected chi connectivity index (χ1v) is 12.1. The Morgan fingerprint density at radius 2 is 1.65 bits per heavy atom. The number of rotatable bonds is 4. The zero-order valence-corrected chi connectivity index (χ0v) is 13.2. The summed E-state index contributed by atoms with van der Waals surface area (Å²) in [6.07, 6.45) is 0. The van der Waals surface area contributed by atoms with Gasteiger partial charge in [-0.1, -0.05) is 24.3 Å². The van der Waals surface area contributed by atoms with Crippen LogP contribution in [0.5, 0.6) is 0 Å². The fraction of sp³-hybridized carbons (Fsp3) is 0.455. The van der Waals surface area contributed by atoms with Crippen molar-refractivity contribution in [2.45, 2.75) is 32.7 Å². The molecule has 1 rings (SSSR count). The van der Waals surface area contributed by atoms with Crippen molar-refractivity contribution in [2.24, 2.45) is 0 Å². The van der Waals surface area contributed by atoms with Crippen LogP contribution in [0.15, 0.2) is 24.3 Å². The molecule has 17 heavy (non-hydrogen) atoms. The molecule has 0 saturated carbocycles. The fourth-order valence-electron chi connectivity index (χ4n) is 1.90. The summed E-state index contributed by atoms with van der Waals surface area (Å²) < 4.78 is 6.26. The third-order valence-electron chi connectivity index (χ3n) is 2.44. The van der Waals surface area contributed by atoms with Gasteiger partial charge in [0.1, 0.15) is 0 Å². The minimum Gasteiger partial charge on any atom is -0.452 e. The third-order valence-corrected chi connectivity index (χ3v) is 8.63. The molecule has 2 N–H and O–H groups in total. The second-order valence-corrected chi connectivity index (χ2v) is 14.4. The van der Waals surface area contributed by atoms with Crippen LogP contribution in [0.25, 0.3) is 0 Å². The molecule has 0 atom stereocenters. The molecule has 0 bridgehead atoms. The van der Waals surface area contributed by atoms with Crippen LogP contribution in [0.1, 0.15) is 0 Å². The molecule has 0 aliphatic heterocycles. The van der Waals surface area contributed by atoms with E-state index in [0.717, 1.165) is 5.19 Å². The first-order valence-electron chi connectivity index (χ1n) is 5.78.